The Morgan fingerprint density at radius 1 is 0.718 bits per heavy atom. The average molecular weight is 535 g/mol. The lowest BCUT2D eigenvalue weighted by atomic mass is 10.1. The van der Waals surface area contributed by atoms with Gasteiger partial charge in [-0.1, -0.05) is 103 Å². The number of carbonyl (C=O) groups is 1. The van der Waals surface area contributed by atoms with Crippen LogP contribution in [0.1, 0.15) is 110 Å². The minimum Gasteiger partial charge on any atom is -0.494 e. The molecule has 0 atom stereocenters. The summed E-state index contributed by atoms with van der Waals surface area (Å²) in [6, 6.07) is 12.5. The molecule has 5 nitrogen and oxygen atoms in total. The highest BCUT2D eigenvalue weighted by Gasteiger charge is 2.12. The molecule has 2 aromatic carbocycles. The van der Waals surface area contributed by atoms with Crippen molar-refractivity contribution in [1.82, 2.24) is 0 Å². The maximum atomic E-state index is 13.2. The third-order valence-electron chi connectivity index (χ3n) is 7.14. The molecular formula is C34H46O5. The second kappa shape index (κ2) is 17.5. The third kappa shape index (κ3) is 10.5. The summed E-state index contributed by atoms with van der Waals surface area (Å²) < 4.78 is 17.1. The van der Waals surface area contributed by atoms with Gasteiger partial charge in [-0.25, -0.2) is 0 Å². The van der Waals surface area contributed by atoms with E-state index in [0.717, 1.165) is 37.0 Å². The van der Waals surface area contributed by atoms with Gasteiger partial charge in [0, 0.05) is 12.5 Å². The molecule has 0 fully saturated rings. The van der Waals surface area contributed by atoms with Crippen LogP contribution < -0.4 is 14.9 Å². The number of hydrogen-bond acceptors (Lipinski definition) is 5. The first-order chi connectivity index (χ1) is 19.1. The second-order valence-electron chi connectivity index (χ2n) is 10.5. The Kier molecular flexibility index (Phi) is 13.7. The fourth-order valence-electron chi connectivity index (χ4n) is 4.76. The average Bonchev–Trinajstić information content (AvgIpc) is 2.94. The number of ether oxygens (including phenoxy) is 2. The normalized spacial score (nSPS) is 11.1. The summed E-state index contributed by atoms with van der Waals surface area (Å²) >= 11 is 0. The zero-order valence-electron chi connectivity index (χ0n) is 24.0. The molecule has 212 valence electrons. The summed E-state index contributed by atoms with van der Waals surface area (Å²) in [5, 5.41) is 0.457. The van der Waals surface area contributed by atoms with E-state index in [9.17, 15) is 9.59 Å². The van der Waals surface area contributed by atoms with E-state index in [1.807, 2.05) is 24.3 Å². The van der Waals surface area contributed by atoms with Crippen LogP contribution >= 0.6 is 0 Å². The predicted molar refractivity (Wildman–Crippen MR) is 160 cm³/mol. The summed E-state index contributed by atoms with van der Waals surface area (Å²) in [4.78, 5) is 25.4. The van der Waals surface area contributed by atoms with Crippen LogP contribution in [0.25, 0.3) is 22.1 Å². The van der Waals surface area contributed by atoms with Crippen LogP contribution in [0.15, 0.2) is 57.9 Å². The van der Waals surface area contributed by atoms with Gasteiger partial charge >= 0.3 is 5.97 Å². The van der Waals surface area contributed by atoms with Crippen LogP contribution in [0.3, 0.4) is 0 Å². The zero-order valence-corrected chi connectivity index (χ0v) is 24.0. The van der Waals surface area contributed by atoms with Gasteiger partial charge in [-0.2, -0.15) is 0 Å². The molecule has 0 aliphatic carbocycles. The summed E-state index contributed by atoms with van der Waals surface area (Å²) in [5.74, 6) is 0.945. The highest BCUT2D eigenvalue weighted by atomic mass is 16.5. The molecule has 39 heavy (non-hydrogen) atoms. The SMILES string of the molecule is CCCCCCCCCCOc1ccc(-c2coc3cc(OC(=O)CCCCCCCC)ccc3c2=O)cc1. The van der Waals surface area contributed by atoms with Crippen LogP contribution in [0.2, 0.25) is 0 Å². The lowest BCUT2D eigenvalue weighted by Crippen LogP contribution is -2.08. The topological polar surface area (TPSA) is 65.7 Å². The first-order valence-electron chi connectivity index (χ1n) is 15.1. The minimum atomic E-state index is -0.256. The lowest BCUT2D eigenvalue weighted by Gasteiger charge is -2.08. The Labute approximate surface area is 233 Å². The predicted octanol–water partition coefficient (Wildman–Crippen LogP) is 9.64. The molecule has 0 saturated heterocycles. The fraction of sp³-hybridized carbons (Fsp3) is 0.529. The molecule has 0 N–H and O–H groups in total. The Bertz CT molecular complexity index is 1180. The Morgan fingerprint density at radius 3 is 1.97 bits per heavy atom. The van der Waals surface area contributed by atoms with Gasteiger partial charge in [-0.3, -0.25) is 9.59 Å². The van der Waals surface area contributed by atoms with Crippen molar-refractivity contribution in [1.29, 1.82) is 0 Å². The van der Waals surface area contributed by atoms with Crippen molar-refractivity contribution in [2.24, 2.45) is 0 Å². The van der Waals surface area contributed by atoms with Crippen LogP contribution in [0, 0.1) is 0 Å². The molecule has 0 bridgehead atoms. The maximum absolute atomic E-state index is 13.2. The number of benzene rings is 2. The van der Waals surface area contributed by atoms with Crippen LogP contribution in [-0.4, -0.2) is 12.6 Å². The number of fused-ring (bicyclic) bond motifs is 1. The van der Waals surface area contributed by atoms with Crippen molar-refractivity contribution in [3.8, 4) is 22.6 Å². The lowest BCUT2D eigenvalue weighted by molar-refractivity contribution is -0.134. The Hall–Kier alpha value is -3.08. The van der Waals surface area contributed by atoms with Crippen molar-refractivity contribution < 1.29 is 18.7 Å². The summed E-state index contributed by atoms with van der Waals surface area (Å²) in [7, 11) is 0. The van der Waals surface area contributed by atoms with E-state index >= 15 is 0 Å². The molecule has 0 unspecified atom stereocenters. The molecule has 0 aliphatic heterocycles. The van der Waals surface area contributed by atoms with Gasteiger partial charge in [0.1, 0.15) is 23.3 Å². The van der Waals surface area contributed by atoms with E-state index in [-0.39, 0.29) is 11.4 Å². The zero-order chi connectivity index (χ0) is 27.7. The summed E-state index contributed by atoms with van der Waals surface area (Å²) in [5.41, 5.74) is 1.55. The summed E-state index contributed by atoms with van der Waals surface area (Å²) in [6.45, 7) is 5.14. The van der Waals surface area contributed by atoms with Gasteiger partial charge < -0.3 is 13.9 Å². The quantitative estimate of drug-likeness (QED) is 0.0870. The molecule has 0 aliphatic rings. The van der Waals surface area contributed by atoms with E-state index in [0.29, 0.717) is 35.3 Å². The maximum Gasteiger partial charge on any atom is 0.311 e. The monoisotopic (exact) mass is 534 g/mol. The van der Waals surface area contributed by atoms with E-state index in [1.54, 1.807) is 18.2 Å². The standard InChI is InChI=1S/C34H46O5/c1-3-5-7-9-11-12-14-16-24-37-28-20-18-27(19-21-28)31-26-38-32-25-29(22-23-30(32)34(31)36)39-33(35)17-15-13-10-8-6-4-2/h18-23,25-26H,3-17,24H2,1-2H3. The van der Waals surface area contributed by atoms with Gasteiger partial charge in [-0.15, -0.1) is 0 Å². The number of esters is 1. The number of rotatable bonds is 19. The number of unbranched alkanes of at least 4 members (excludes halogenated alkanes) is 12. The summed E-state index contributed by atoms with van der Waals surface area (Å²) in [6.07, 6.45) is 18.7. The largest absolute Gasteiger partial charge is 0.494 e. The van der Waals surface area contributed by atoms with E-state index < -0.39 is 0 Å². The van der Waals surface area contributed by atoms with Crippen LogP contribution in [0.5, 0.6) is 11.5 Å². The number of hydrogen-bond donors (Lipinski definition) is 0. The van der Waals surface area contributed by atoms with Gasteiger partial charge in [-0.05, 0) is 42.7 Å². The Balaban J connectivity index is 1.48. The molecular weight excluding hydrogens is 488 g/mol. The number of carbonyl (C=O) groups excluding carboxylic acids is 1. The van der Waals surface area contributed by atoms with Crippen molar-refractivity contribution in [2.75, 3.05) is 6.61 Å². The van der Waals surface area contributed by atoms with Gasteiger partial charge in [0.25, 0.3) is 0 Å². The molecule has 0 radical (unpaired) electrons. The molecule has 3 aromatic rings. The molecule has 1 heterocycles. The first-order valence-corrected chi connectivity index (χ1v) is 15.1. The molecule has 5 heteroatoms. The van der Waals surface area contributed by atoms with E-state index in [4.69, 9.17) is 13.9 Å². The van der Waals surface area contributed by atoms with Crippen molar-refractivity contribution in [3.63, 3.8) is 0 Å². The molecule has 0 amide bonds. The Morgan fingerprint density at radius 2 is 1.31 bits per heavy atom. The second-order valence-corrected chi connectivity index (χ2v) is 10.5. The van der Waals surface area contributed by atoms with Crippen molar-refractivity contribution in [3.05, 3.63) is 59.0 Å². The van der Waals surface area contributed by atoms with Gasteiger partial charge in [0.15, 0.2) is 5.43 Å². The van der Waals surface area contributed by atoms with Crippen LogP contribution in [-0.2, 0) is 4.79 Å². The smallest absolute Gasteiger partial charge is 0.311 e. The third-order valence-corrected chi connectivity index (χ3v) is 7.14. The van der Waals surface area contributed by atoms with Crippen molar-refractivity contribution >= 4 is 16.9 Å². The van der Waals surface area contributed by atoms with Gasteiger partial charge in [0.2, 0.25) is 0 Å². The van der Waals surface area contributed by atoms with Gasteiger partial charge in [0.05, 0.1) is 17.6 Å². The molecule has 0 saturated carbocycles. The first kappa shape index (κ1) is 30.5. The fourth-order valence-corrected chi connectivity index (χ4v) is 4.76. The molecule has 1 aromatic heterocycles. The highest BCUT2D eigenvalue weighted by molar-refractivity contribution is 5.83. The highest BCUT2D eigenvalue weighted by Crippen LogP contribution is 2.25. The molecule has 0 spiro atoms. The van der Waals surface area contributed by atoms with E-state index in [2.05, 4.69) is 13.8 Å². The van der Waals surface area contributed by atoms with E-state index in [1.165, 1.54) is 70.5 Å². The minimum absolute atomic E-state index is 0.117. The van der Waals surface area contributed by atoms with Crippen LogP contribution in [0.4, 0.5) is 0 Å². The van der Waals surface area contributed by atoms with Crippen molar-refractivity contribution in [2.45, 2.75) is 110 Å². The molecule has 3 rings (SSSR count).